The van der Waals surface area contributed by atoms with Gasteiger partial charge in [0.25, 0.3) is 0 Å². The molecule has 0 radical (unpaired) electrons. The van der Waals surface area contributed by atoms with Gasteiger partial charge < -0.3 is 14.2 Å². The zero-order valence-corrected chi connectivity index (χ0v) is 18.6. The summed E-state index contributed by atoms with van der Waals surface area (Å²) in [6, 6.07) is 5.80. The first kappa shape index (κ1) is 21.3. The van der Waals surface area contributed by atoms with Crippen LogP contribution in [0.5, 0.6) is 0 Å². The van der Waals surface area contributed by atoms with Crippen molar-refractivity contribution in [3.8, 4) is 11.5 Å². The molecule has 0 amide bonds. The highest BCUT2D eigenvalue weighted by atomic mass is 16.5. The molecule has 1 saturated heterocycles. The molecule has 31 heavy (non-hydrogen) atoms. The highest BCUT2D eigenvalue weighted by Crippen LogP contribution is 2.25. The molecule has 3 aromatic heterocycles. The molecule has 0 aliphatic carbocycles. The smallest absolute Gasteiger partial charge is 0.240 e. The van der Waals surface area contributed by atoms with Crippen molar-refractivity contribution >= 4 is 5.82 Å². The molecule has 3 aromatic rings. The minimum absolute atomic E-state index is 0.172. The lowest BCUT2D eigenvalue weighted by Gasteiger charge is -2.24. The van der Waals surface area contributed by atoms with Gasteiger partial charge >= 0.3 is 0 Å². The van der Waals surface area contributed by atoms with Crippen LogP contribution in [0.3, 0.4) is 0 Å². The van der Waals surface area contributed by atoms with E-state index in [0.717, 1.165) is 55.4 Å². The maximum Gasteiger partial charge on any atom is 0.240 e. The first-order chi connectivity index (χ1) is 15.0. The van der Waals surface area contributed by atoms with E-state index in [0.29, 0.717) is 24.1 Å². The van der Waals surface area contributed by atoms with Crippen LogP contribution in [0.4, 0.5) is 5.82 Å². The predicted octanol–water partition coefficient (Wildman–Crippen LogP) is 2.96. The molecule has 1 aliphatic heterocycles. The number of aromatic nitrogens is 5. The molecule has 4 rings (SSSR count). The minimum atomic E-state index is -0.172. The monoisotopic (exact) mass is 423 g/mol. The number of ether oxygens (including phenoxy) is 1. The van der Waals surface area contributed by atoms with E-state index in [1.54, 1.807) is 13.3 Å². The van der Waals surface area contributed by atoms with Crippen LogP contribution in [0.25, 0.3) is 11.5 Å². The van der Waals surface area contributed by atoms with E-state index in [-0.39, 0.29) is 6.10 Å². The molecule has 0 N–H and O–H groups in total. The molecule has 9 nitrogen and oxygen atoms in total. The second kappa shape index (κ2) is 9.49. The Morgan fingerprint density at radius 1 is 1.10 bits per heavy atom. The van der Waals surface area contributed by atoms with Gasteiger partial charge in [0.15, 0.2) is 11.6 Å². The summed E-state index contributed by atoms with van der Waals surface area (Å²) >= 11 is 0. The average molecular weight is 424 g/mol. The summed E-state index contributed by atoms with van der Waals surface area (Å²) in [4.78, 5) is 23.1. The predicted molar refractivity (Wildman–Crippen MR) is 117 cm³/mol. The van der Waals surface area contributed by atoms with Gasteiger partial charge in [-0.2, -0.15) is 4.98 Å². The van der Waals surface area contributed by atoms with Gasteiger partial charge in [0.1, 0.15) is 17.6 Å². The van der Waals surface area contributed by atoms with E-state index in [1.807, 2.05) is 32.0 Å². The summed E-state index contributed by atoms with van der Waals surface area (Å²) < 4.78 is 10.7. The Labute approximate surface area is 182 Å². The molecule has 1 unspecified atom stereocenters. The van der Waals surface area contributed by atoms with Crippen molar-refractivity contribution in [3.63, 3.8) is 0 Å². The summed E-state index contributed by atoms with van der Waals surface area (Å²) in [5, 5.41) is 4.03. The number of pyridine rings is 1. The number of nitrogens with zero attached hydrogens (tertiary/aromatic N) is 7. The third-order valence-corrected chi connectivity index (χ3v) is 5.71. The van der Waals surface area contributed by atoms with Gasteiger partial charge in [-0.15, -0.1) is 0 Å². The fraction of sp³-hybridized carbons (Fsp3) is 0.500. The minimum Gasteiger partial charge on any atom is -0.374 e. The number of methoxy groups -OCH3 is 1. The zero-order valence-electron chi connectivity index (χ0n) is 18.6. The lowest BCUT2D eigenvalue weighted by molar-refractivity contribution is 0.109. The Hall–Kier alpha value is -2.91. The van der Waals surface area contributed by atoms with E-state index >= 15 is 0 Å². The molecular weight excluding hydrogens is 394 g/mol. The van der Waals surface area contributed by atoms with Gasteiger partial charge in [0, 0.05) is 50.7 Å². The van der Waals surface area contributed by atoms with E-state index in [9.17, 15) is 0 Å². The Balaban J connectivity index is 1.47. The SMILES string of the molecule is COC(C)c1noc(CN2CCCN(c3nc(-c4ccccn4)nc(C)c3C)CC2)n1. The van der Waals surface area contributed by atoms with Gasteiger partial charge in [-0.3, -0.25) is 9.88 Å². The quantitative estimate of drug-likeness (QED) is 0.593. The third kappa shape index (κ3) is 4.88. The Kier molecular flexibility index (Phi) is 6.53. The third-order valence-electron chi connectivity index (χ3n) is 5.71. The van der Waals surface area contributed by atoms with E-state index in [1.165, 1.54) is 0 Å². The van der Waals surface area contributed by atoms with Crippen LogP contribution in [-0.4, -0.2) is 63.3 Å². The van der Waals surface area contributed by atoms with Crippen LogP contribution in [0, 0.1) is 13.8 Å². The molecule has 0 aromatic carbocycles. The Morgan fingerprint density at radius 2 is 1.97 bits per heavy atom. The number of aryl methyl sites for hydroxylation is 1. The normalized spacial score (nSPS) is 16.3. The van der Waals surface area contributed by atoms with Crippen LogP contribution < -0.4 is 4.90 Å². The van der Waals surface area contributed by atoms with Gasteiger partial charge in [-0.25, -0.2) is 9.97 Å². The first-order valence-corrected chi connectivity index (χ1v) is 10.6. The lowest BCUT2D eigenvalue weighted by atomic mass is 10.2. The van der Waals surface area contributed by atoms with Crippen LogP contribution in [0.2, 0.25) is 0 Å². The molecule has 1 atom stereocenters. The Bertz CT molecular complexity index is 1010. The second-order valence-electron chi connectivity index (χ2n) is 7.84. The molecule has 0 spiro atoms. The first-order valence-electron chi connectivity index (χ1n) is 10.6. The van der Waals surface area contributed by atoms with Crippen LogP contribution in [0.15, 0.2) is 28.9 Å². The molecule has 0 bridgehead atoms. The van der Waals surface area contributed by atoms with E-state index < -0.39 is 0 Å². The standard InChI is InChI=1S/C22H29N7O2/c1-15-16(2)24-21(18-8-5-6-9-23-18)26-22(15)29-11-7-10-28(12-13-29)14-19-25-20(27-31-19)17(3)30-4/h5-6,8-9,17H,7,10-14H2,1-4H3. The van der Waals surface area contributed by atoms with E-state index in [4.69, 9.17) is 14.2 Å². The van der Waals surface area contributed by atoms with E-state index in [2.05, 4.69) is 36.8 Å². The van der Waals surface area contributed by atoms with Gasteiger partial charge in [0.05, 0.1) is 6.54 Å². The zero-order chi connectivity index (χ0) is 21.8. The van der Waals surface area contributed by atoms with Crippen LogP contribution in [0.1, 0.15) is 42.4 Å². The summed E-state index contributed by atoms with van der Waals surface area (Å²) in [5.74, 6) is 2.87. The van der Waals surface area contributed by atoms with Crippen LogP contribution in [-0.2, 0) is 11.3 Å². The fourth-order valence-corrected chi connectivity index (χ4v) is 3.67. The molecule has 9 heteroatoms. The molecule has 164 valence electrons. The van der Waals surface area contributed by atoms with Crippen molar-refractivity contribution in [2.75, 3.05) is 38.2 Å². The lowest BCUT2D eigenvalue weighted by Crippen LogP contribution is -2.31. The topological polar surface area (TPSA) is 93.3 Å². The number of hydrogen-bond donors (Lipinski definition) is 0. The van der Waals surface area contributed by atoms with Gasteiger partial charge in [0.2, 0.25) is 5.89 Å². The largest absolute Gasteiger partial charge is 0.374 e. The maximum atomic E-state index is 5.42. The number of rotatable bonds is 6. The van der Waals surface area contributed by atoms with Crippen molar-refractivity contribution in [2.45, 2.75) is 39.8 Å². The van der Waals surface area contributed by atoms with Crippen molar-refractivity contribution in [3.05, 3.63) is 47.4 Å². The summed E-state index contributed by atoms with van der Waals surface area (Å²) in [6.07, 6.45) is 2.62. The van der Waals surface area contributed by atoms with Crippen LogP contribution >= 0.6 is 0 Å². The van der Waals surface area contributed by atoms with Crippen molar-refractivity contribution in [1.29, 1.82) is 0 Å². The number of anilines is 1. The second-order valence-corrected chi connectivity index (χ2v) is 7.84. The average Bonchev–Trinajstić information content (AvgIpc) is 3.14. The summed E-state index contributed by atoms with van der Waals surface area (Å²) in [5.41, 5.74) is 2.89. The van der Waals surface area contributed by atoms with Gasteiger partial charge in [-0.1, -0.05) is 11.2 Å². The summed E-state index contributed by atoms with van der Waals surface area (Å²) in [7, 11) is 1.64. The molecule has 1 aliphatic rings. The van der Waals surface area contributed by atoms with Crippen molar-refractivity contribution < 1.29 is 9.26 Å². The fourth-order valence-electron chi connectivity index (χ4n) is 3.67. The number of hydrogen-bond acceptors (Lipinski definition) is 9. The Morgan fingerprint density at radius 3 is 2.74 bits per heavy atom. The molecule has 1 fully saturated rings. The maximum absolute atomic E-state index is 5.42. The molecule has 0 saturated carbocycles. The van der Waals surface area contributed by atoms with Crippen molar-refractivity contribution in [1.82, 2.24) is 30.0 Å². The molecule has 4 heterocycles. The highest BCUT2D eigenvalue weighted by molar-refractivity contribution is 5.57. The summed E-state index contributed by atoms with van der Waals surface area (Å²) in [6.45, 7) is 10.3. The highest BCUT2D eigenvalue weighted by Gasteiger charge is 2.22. The van der Waals surface area contributed by atoms with Crippen molar-refractivity contribution in [2.24, 2.45) is 0 Å². The molecular formula is C22H29N7O2. The van der Waals surface area contributed by atoms with Gasteiger partial charge in [-0.05, 0) is 39.3 Å².